The van der Waals surface area contributed by atoms with Crippen molar-refractivity contribution in [2.75, 3.05) is 13.1 Å². The van der Waals surface area contributed by atoms with Crippen molar-refractivity contribution in [2.45, 2.75) is 37.7 Å². The van der Waals surface area contributed by atoms with Gasteiger partial charge in [0.2, 0.25) is 11.8 Å². The van der Waals surface area contributed by atoms with E-state index in [0.717, 1.165) is 17.0 Å². The Labute approximate surface area is 140 Å². The predicted octanol–water partition coefficient (Wildman–Crippen LogP) is 1.54. The maximum absolute atomic E-state index is 14.0. The number of aliphatic hydroxyl groups excluding tert-OH is 1. The zero-order chi connectivity index (χ0) is 18.4. The number of halogens is 4. The van der Waals surface area contributed by atoms with Gasteiger partial charge in [0.05, 0.1) is 11.7 Å². The number of rotatable bonds is 2. The Morgan fingerprint density at radius 3 is 2.60 bits per heavy atom. The lowest BCUT2D eigenvalue weighted by Gasteiger charge is -2.44. The summed E-state index contributed by atoms with van der Waals surface area (Å²) in [7, 11) is 0. The van der Waals surface area contributed by atoms with Gasteiger partial charge in [-0.05, 0) is 18.6 Å². The molecule has 2 atom stereocenters. The minimum atomic E-state index is -4.66. The number of carbonyl (C=O) groups is 2. The molecule has 0 unspecified atom stereocenters. The van der Waals surface area contributed by atoms with Crippen molar-refractivity contribution in [3.05, 3.63) is 35.1 Å². The third-order valence-corrected chi connectivity index (χ3v) is 4.56. The highest BCUT2D eigenvalue weighted by Gasteiger charge is 2.42. The van der Waals surface area contributed by atoms with E-state index in [1.54, 1.807) is 0 Å². The van der Waals surface area contributed by atoms with E-state index in [0.29, 0.717) is 12.5 Å². The van der Waals surface area contributed by atoms with Crippen LogP contribution in [0.1, 0.15) is 24.0 Å². The van der Waals surface area contributed by atoms with Gasteiger partial charge in [0.15, 0.2) is 0 Å². The number of nitrogens with zero attached hydrogens (tertiary/aromatic N) is 2. The maximum Gasteiger partial charge on any atom is 0.416 e. The second-order valence-corrected chi connectivity index (χ2v) is 6.28. The first-order valence-electron chi connectivity index (χ1n) is 7.79. The average Bonchev–Trinajstić information content (AvgIpc) is 2.53. The van der Waals surface area contributed by atoms with E-state index in [1.807, 2.05) is 0 Å². The summed E-state index contributed by atoms with van der Waals surface area (Å²) in [6.07, 6.45) is -4.85. The van der Waals surface area contributed by atoms with E-state index in [1.165, 1.54) is 4.90 Å². The summed E-state index contributed by atoms with van der Waals surface area (Å²) >= 11 is 0. The zero-order valence-corrected chi connectivity index (χ0v) is 13.1. The first kappa shape index (κ1) is 17.7. The molecule has 1 aromatic carbocycles. The third-order valence-electron chi connectivity index (χ3n) is 4.56. The van der Waals surface area contributed by atoms with Crippen LogP contribution in [-0.4, -0.2) is 52.0 Å². The molecule has 0 aromatic heterocycles. The van der Waals surface area contributed by atoms with Gasteiger partial charge >= 0.3 is 6.18 Å². The summed E-state index contributed by atoms with van der Waals surface area (Å²) in [5.41, 5.74) is -1.21. The Bertz CT molecular complexity index is 707. The first-order chi connectivity index (χ1) is 11.7. The van der Waals surface area contributed by atoms with Crippen LogP contribution in [0.15, 0.2) is 18.2 Å². The third kappa shape index (κ3) is 3.46. The summed E-state index contributed by atoms with van der Waals surface area (Å²) in [6, 6.07) is 1.29. The Morgan fingerprint density at radius 2 is 1.96 bits per heavy atom. The zero-order valence-electron chi connectivity index (χ0n) is 13.1. The van der Waals surface area contributed by atoms with E-state index < -0.39 is 35.6 Å². The molecule has 0 radical (unpaired) electrons. The quantitative estimate of drug-likeness (QED) is 0.814. The largest absolute Gasteiger partial charge is 0.416 e. The SMILES string of the molecule is O=C1[C@H]2C[C@@H](O)CCN2C(=O)CN1Cc1ccc(C(F)(F)F)cc1F. The molecule has 3 rings (SSSR count). The number of fused-ring (bicyclic) bond motifs is 1. The summed E-state index contributed by atoms with van der Waals surface area (Å²) in [4.78, 5) is 27.2. The van der Waals surface area contributed by atoms with Crippen molar-refractivity contribution in [1.29, 1.82) is 0 Å². The number of alkyl halides is 3. The highest BCUT2D eigenvalue weighted by atomic mass is 19.4. The van der Waals surface area contributed by atoms with Crippen LogP contribution < -0.4 is 0 Å². The van der Waals surface area contributed by atoms with Crippen LogP contribution in [0.4, 0.5) is 17.6 Å². The summed E-state index contributed by atoms with van der Waals surface area (Å²) in [5, 5.41) is 9.70. The van der Waals surface area contributed by atoms with E-state index in [4.69, 9.17) is 0 Å². The normalized spacial score (nSPS) is 24.5. The molecule has 1 N–H and O–H groups in total. The molecule has 1 aromatic rings. The molecule has 0 saturated carbocycles. The topological polar surface area (TPSA) is 60.9 Å². The van der Waals surface area contributed by atoms with Gasteiger partial charge in [0.25, 0.3) is 0 Å². The highest BCUT2D eigenvalue weighted by Crippen LogP contribution is 2.31. The predicted molar refractivity (Wildman–Crippen MR) is 77.6 cm³/mol. The lowest BCUT2D eigenvalue weighted by Crippen LogP contribution is -2.62. The average molecular weight is 360 g/mol. The number of piperazine rings is 1. The van der Waals surface area contributed by atoms with Crippen LogP contribution in [-0.2, 0) is 22.3 Å². The van der Waals surface area contributed by atoms with Gasteiger partial charge in [0, 0.05) is 25.1 Å². The van der Waals surface area contributed by atoms with Crippen molar-refractivity contribution in [2.24, 2.45) is 0 Å². The summed E-state index contributed by atoms with van der Waals surface area (Å²) < 4.78 is 51.7. The Hall–Kier alpha value is -2.16. The molecular formula is C16H16F4N2O3. The number of carbonyl (C=O) groups excluding carboxylic acids is 2. The molecule has 0 aliphatic carbocycles. The summed E-state index contributed by atoms with van der Waals surface area (Å²) in [5.74, 6) is -1.83. The van der Waals surface area contributed by atoms with Crippen molar-refractivity contribution >= 4 is 11.8 Å². The number of hydrogen-bond acceptors (Lipinski definition) is 3. The number of piperidine rings is 1. The number of amides is 2. The van der Waals surface area contributed by atoms with Crippen LogP contribution in [0, 0.1) is 5.82 Å². The number of aliphatic hydroxyl groups is 1. The van der Waals surface area contributed by atoms with Gasteiger partial charge in [-0.3, -0.25) is 9.59 Å². The monoisotopic (exact) mass is 360 g/mol. The molecular weight excluding hydrogens is 344 g/mol. The Kier molecular flexibility index (Phi) is 4.44. The van der Waals surface area contributed by atoms with Gasteiger partial charge < -0.3 is 14.9 Å². The standard InChI is InChI=1S/C16H16F4N2O3/c17-12-5-10(16(18,19)20)2-1-9(12)7-21-8-14(24)22-4-3-11(23)6-13(22)15(21)25/h1-2,5,11,13,23H,3-4,6-8H2/t11-,13+/m0/s1. The van der Waals surface area contributed by atoms with Crippen LogP contribution in [0.25, 0.3) is 0 Å². The second-order valence-electron chi connectivity index (χ2n) is 6.28. The summed E-state index contributed by atoms with van der Waals surface area (Å²) in [6.45, 7) is -0.278. The fraction of sp³-hybridized carbons (Fsp3) is 0.500. The molecule has 2 aliphatic rings. The van der Waals surface area contributed by atoms with Crippen molar-refractivity contribution in [3.8, 4) is 0 Å². The smallest absolute Gasteiger partial charge is 0.393 e. The number of hydrogen-bond donors (Lipinski definition) is 1. The van der Waals surface area contributed by atoms with Gasteiger partial charge in [0.1, 0.15) is 18.4 Å². The Morgan fingerprint density at radius 1 is 1.24 bits per heavy atom. The van der Waals surface area contributed by atoms with Gasteiger partial charge in [-0.2, -0.15) is 13.2 Å². The fourth-order valence-corrected chi connectivity index (χ4v) is 3.21. The van der Waals surface area contributed by atoms with Crippen molar-refractivity contribution in [1.82, 2.24) is 9.80 Å². The van der Waals surface area contributed by atoms with Crippen LogP contribution in [0.2, 0.25) is 0 Å². The lowest BCUT2D eigenvalue weighted by atomic mass is 9.95. The molecule has 2 saturated heterocycles. The maximum atomic E-state index is 14.0. The molecule has 0 bridgehead atoms. The minimum Gasteiger partial charge on any atom is -0.393 e. The minimum absolute atomic E-state index is 0.0982. The van der Waals surface area contributed by atoms with E-state index in [2.05, 4.69) is 0 Å². The van der Waals surface area contributed by atoms with Crippen LogP contribution in [0.3, 0.4) is 0 Å². The molecule has 9 heteroatoms. The van der Waals surface area contributed by atoms with E-state index in [9.17, 15) is 32.3 Å². The van der Waals surface area contributed by atoms with Crippen molar-refractivity contribution in [3.63, 3.8) is 0 Å². The van der Waals surface area contributed by atoms with E-state index in [-0.39, 0.29) is 37.5 Å². The van der Waals surface area contributed by atoms with Crippen LogP contribution >= 0.6 is 0 Å². The number of benzene rings is 1. The first-order valence-corrected chi connectivity index (χ1v) is 7.79. The van der Waals surface area contributed by atoms with Gasteiger partial charge in [-0.25, -0.2) is 4.39 Å². The fourth-order valence-electron chi connectivity index (χ4n) is 3.21. The Balaban J connectivity index is 1.79. The molecule has 2 aliphatic heterocycles. The van der Waals surface area contributed by atoms with Gasteiger partial charge in [-0.1, -0.05) is 6.07 Å². The molecule has 2 heterocycles. The molecule has 136 valence electrons. The molecule has 5 nitrogen and oxygen atoms in total. The molecule has 2 amide bonds. The molecule has 25 heavy (non-hydrogen) atoms. The lowest BCUT2D eigenvalue weighted by molar-refractivity contribution is -0.160. The van der Waals surface area contributed by atoms with Crippen molar-refractivity contribution < 1.29 is 32.3 Å². The highest BCUT2D eigenvalue weighted by molar-refractivity contribution is 5.95. The van der Waals surface area contributed by atoms with E-state index >= 15 is 0 Å². The van der Waals surface area contributed by atoms with Crippen LogP contribution in [0.5, 0.6) is 0 Å². The molecule has 0 spiro atoms. The van der Waals surface area contributed by atoms with Gasteiger partial charge in [-0.15, -0.1) is 0 Å². The molecule has 2 fully saturated rings. The second kappa shape index (κ2) is 6.29.